The Bertz CT molecular complexity index is 729. The van der Waals surface area contributed by atoms with E-state index in [1.54, 1.807) is 23.2 Å². The first kappa shape index (κ1) is 10.2. The van der Waals surface area contributed by atoms with E-state index in [0.717, 1.165) is 19.3 Å². The van der Waals surface area contributed by atoms with E-state index in [4.69, 9.17) is 4.42 Å². The summed E-state index contributed by atoms with van der Waals surface area (Å²) in [6, 6.07) is 0.406. The Balaban J connectivity index is 2.30. The van der Waals surface area contributed by atoms with Gasteiger partial charge >= 0.3 is 0 Å². The molecule has 0 unspecified atom stereocenters. The zero-order valence-electron chi connectivity index (χ0n) is 10.4. The van der Waals surface area contributed by atoms with Gasteiger partial charge < -0.3 is 4.42 Å². The maximum atomic E-state index is 12.5. The summed E-state index contributed by atoms with van der Waals surface area (Å²) in [4.78, 5) is 25.1. The molecule has 2 aromatic rings. The van der Waals surface area contributed by atoms with Crippen LogP contribution in [0.3, 0.4) is 0 Å². The average Bonchev–Trinajstić information content (AvgIpc) is 2.98. The Morgan fingerprint density at radius 2 is 1.39 bits per heavy atom. The molecular weight excluding hydrogens is 232 g/mol. The van der Waals surface area contributed by atoms with Crippen molar-refractivity contribution in [2.75, 3.05) is 0 Å². The van der Waals surface area contributed by atoms with Crippen LogP contribution in [-0.4, -0.2) is 9.36 Å². The number of hydrogen-bond donors (Lipinski definition) is 0. The molecule has 2 atom stereocenters. The lowest BCUT2D eigenvalue weighted by Gasteiger charge is -2.19. The van der Waals surface area contributed by atoms with Gasteiger partial charge in [0.15, 0.2) is 0 Å². The molecule has 2 bridgehead atoms. The van der Waals surface area contributed by atoms with Crippen molar-refractivity contribution in [3.63, 3.8) is 0 Å². The Morgan fingerprint density at radius 3 is 1.83 bits per heavy atom. The van der Waals surface area contributed by atoms with Crippen LogP contribution in [0.1, 0.15) is 42.9 Å². The van der Waals surface area contributed by atoms with Crippen molar-refractivity contribution in [2.45, 2.75) is 45.2 Å². The van der Waals surface area contributed by atoms with Gasteiger partial charge in [-0.15, -0.1) is 0 Å². The Labute approximate surface area is 103 Å². The van der Waals surface area contributed by atoms with Crippen molar-refractivity contribution in [1.82, 2.24) is 9.36 Å². The van der Waals surface area contributed by atoms with Gasteiger partial charge in [-0.25, -0.2) is 9.36 Å². The molecule has 0 amide bonds. The summed E-state index contributed by atoms with van der Waals surface area (Å²) in [6.07, 6.45) is 2.94. The molecule has 5 heteroatoms. The highest BCUT2D eigenvalue weighted by molar-refractivity contribution is 5.84. The number of aryl methyl sites for hydroxylation is 2. The molecule has 0 aromatic carbocycles. The molecule has 2 aromatic heterocycles. The predicted molar refractivity (Wildman–Crippen MR) is 66.1 cm³/mol. The van der Waals surface area contributed by atoms with Gasteiger partial charge in [-0.05, 0) is 33.1 Å². The summed E-state index contributed by atoms with van der Waals surface area (Å²) < 4.78 is 8.80. The second-order valence-electron chi connectivity index (χ2n) is 5.38. The third-order valence-corrected chi connectivity index (χ3v) is 4.41. The molecule has 4 rings (SSSR count). The van der Waals surface area contributed by atoms with Gasteiger partial charge in [0.05, 0.1) is 22.9 Å². The molecule has 0 saturated heterocycles. The minimum absolute atomic E-state index is 0.0637. The molecule has 0 N–H and O–H groups in total. The molecule has 1 saturated carbocycles. The first-order valence-corrected chi connectivity index (χ1v) is 6.36. The fraction of sp³-hybridized carbons (Fsp3) is 0.538. The topological polar surface area (TPSA) is 57.1 Å². The van der Waals surface area contributed by atoms with E-state index in [2.05, 4.69) is 0 Å². The lowest BCUT2D eigenvalue weighted by atomic mass is 10.2. The van der Waals surface area contributed by atoms with Crippen LogP contribution in [0.5, 0.6) is 0 Å². The molecular formula is C13H14N2O3. The Kier molecular flexibility index (Phi) is 1.68. The summed E-state index contributed by atoms with van der Waals surface area (Å²) >= 11 is 0. The highest BCUT2D eigenvalue weighted by atomic mass is 16.3. The fourth-order valence-electron chi connectivity index (χ4n) is 3.69. The molecule has 1 fully saturated rings. The molecule has 0 spiro atoms. The summed E-state index contributed by atoms with van der Waals surface area (Å²) in [5, 5.41) is 0.947. The number of rotatable bonds is 0. The summed E-state index contributed by atoms with van der Waals surface area (Å²) in [6.45, 7) is 3.50. The minimum Gasteiger partial charge on any atom is -0.465 e. The van der Waals surface area contributed by atoms with Gasteiger partial charge in [-0.2, -0.15) is 0 Å². The first-order chi connectivity index (χ1) is 8.59. The molecule has 3 heterocycles. The Morgan fingerprint density at radius 1 is 0.944 bits per heavy atom. The van der Waals surface area contributed by atoms with Crippen LogP contribution in [0.4, 0.5) is 0 Å². The van der Waals surface area contributed by atoms with Crippen molar-refractivity contribution in [2.24, 2.45) is 0 Å². The van der Waals surface area contributed by atoms with Gasteiger partial charge in [0, 0.05) is 0 Å². The zero-order chi connectivity index (χ0) is 12.6. The maximum absolute atomic E-state index is 12.5. The minimum atomic E-state index is -0.0637. The quantitative estimate of drug-likeness (QED) is 0.710. The molecule has 0 radical (unpaired) electrons. The van der Waals surface area contributed by atoms with Gasteiger partial charge in [0.1, 0.15) is 11.5 Å². The van der Waals surface area contributed by atoms with Gasteiger partial charge in [-0.1, -0.05) is 0 Å². The summed E-state index contributed by atoms with van der Waals surface area (Å²) in [7, 11) is 0. The molecule has 18 heavy (non-hydrogen) atoms. The SMILES string of the molecule is Cc1oc(C)c2c(=O)n3n(c(=O)c12)[C@@H]1CC[C@H]3C1. The molecule has 1 aliphatic carbocycles. The van der Waals surface area contributed by atoms with E-state index in [9.17, 15) is 9.59 Å². The normalized spacial score (nSPS) is 25.0. The lowest BCUT2D eigenvalue weighted by molar-refractivity contribution is 0.362. The van der Waals surface area contributed by atoms with E-state index < -0.39 is 0 Å². The van der Waals surface area contributed by atoms with Crippen LogP contribution in [0.25, 0.3) is 10.8 Å². The van der Waals surface area contributed by atoms with Crippen molar-refractivity contribution >= 4 is 10.8 Å². The second-order valence-corrected chi connectivity index (χ2v) is 5.38. The van der Waals surface area contributed by atoms with Crippen LogP contribution in [0.15, 0.2) is 14.0 Å². The molecule has 1 aliphatic heterocycles. The van der Waals surface area contributed by atoms with Crippen molar-refractivity contribution in [3.05, 3.63) is 32.2 Å². The summed E-state index contributed by atoms with van der Waals surface area (Å²) in [5.74, 6) is 1.12. The van der Waals surface area contributed by atoms with Crippen molar-refractivity contribution < 1.29 is 4.42 Å². The average molecular weight is 246 g/mol. The smallest absolute Gasteiger partial charge is 0.277 e. The van der Waals surface area contributed by atoms with Crippen LogP contribution in [0, 0.1) is 13.8 Å². The maximum Gasteiger partial charge on any atom is 0.277 e. The lowest BCUT2D eigenvalue weighted by Crippen LogP contribution is -2.39. The van der Waals surface area contributed by atoms with E-state index in [0.29, 0.717) is 22.3 Å². The van der Waals surface area contributed by atoms with Crippen LogP contribution >= 0.6 is 0 Å². The highest BCUT2D eigenvalue weighted by Gasteiger charge is 2.39. The number of furan rings is 1. The van der Waals surface area contributed by atoms with E-state index in [-0.39, 0.29) is 23.2 Å². The first-order valence-electron chi connectivity index (χ1n) is 6.36. The molecule has 2 aliphatic rings. The Hall–Kier alpha value is -1.78. The number of nitrogens with zero attached hydrogens (tertiary/aromatic N) is 2. The van der Waals surface area contributed by atoms with Crippen LogP contribution in [-0.2, 0) is 0 Å². The fourth-order valence-corrected chi connectivity index (χ4v) is 3.69. The van der Waals surface area contributed by atoms with Crippen molar-refractivity contribution in [3.8, 4) is 0 Å². The van der Waals surface area contributed by atoms with Gasteiger partial charge in [0.2, 0.25) is 0 Å². The number of fused-ring (bicyclic) bond motifs is 6. The number of aromatic nitrogens is 2. The van der Waals surface area contributed by atoms with E-state index >= 15 is 0 Å². The van der Waals surface area contributed by atoms with Crippen molar-refractivity contribution in [1.29, 1.82) is 0 Å². The second kappa shape index (κ2) is 2.96. The van der Waals surface area contributed by atoms with Crippen LogP contribution in [0.2, 0.25) is 0 Å². The third kappa shape index (κ3) is 0.947. The third-order valence-electron chi connectivity index (χ3n) is 4.41. The highest BCUT2D eigenvalue weighted by Crippen LogP contribution is 2.42. The van der Waals surface area contributed by atoms with E-state index in [1.165, 1.54) is 0 Å². The van der Waals surface area contributed by atoms with Crippen LogP contribution < -0.4 is 11.1 Å². The molecule has 94 valence electrons. The summed E-state index contributed by atoms with van der Waals surface area (Å²) in [5.41, 5.74) is -0.127. The standard InChI is InChI=1S/C13H14N2O3/c1-6-10-11(7(2)18-6)13(17)15-9-4-3-8(5-9)14(15)12(10)16/h8-9H,3-5H2,1-2H3/t8-,9+. The van der Waals surface area contributed by atoms with Gasteiger partial charge in [0.25, 0.3) is 11.1 Å². The monoisotopic (exact) mass is 246 g/mol. The largest absolute Gasteiger partial charge is 0.465 e. The van der Waals surface area contributed by atoms with Gasteiger partial charge in [-0.3, -0.25) is 9.59 Å². The predicted octanol–water partition coefficient (Wildman–Crippen LogP) is 1.65. The van der Waals surface area contributed by atoms with E-state index in [1.807, 2.05) is 0 Å². The molecule has 5 nitrogen and oxygen atoms in total. The number of hydrogen-bond acceptors (Lipinski definition) is 3. The zero-order valence-corrected chi connectivity index (χ0v) is 10.4.